The highest BCUT2D eigenvalue weighted by molar-refractivity contribution is 5.94. The van der Waals surface area contributed by atoms with Crippen LogP contribution in [0, 0.1) is 5.92 Å². The Balaban J connectivity index is 2.71. The molecule has 0 atom stereocenters. The molecule has 0 saturated carbocycles. The zero-order valence-electron chi connectivity index (χ0n) is 11.5. The van der Waals surface area contributed by atoms with Gasteiger partial charge in [-0.15, -0.1) is 0 Å². The van der Waals surface area contributed by atoms with Gasteiger partial charge in [-0.05, 0) is 29.0 Å². The molecule has 0 aliphatic carbocycles. The second-order valence-electron chi connectivity index (χ2n) is 5.93. The fourth-order valence-corrected chi connectivity index (χ4v) is 1.52. The first kappa shape index (κ1) is 13.8. The molecule has 0 spiro atoms. The van der Waals surface area contributed by atoms with Gasteiger partial charge in [0.2, 0.25) is 0 Å². The summed E-state index contributed by atoms with van der Waals surface area (Å²) in [4.78, 5) is 11.8. The van der Waals surface area contributed by atoms with E-state index in [-0.39, 0.29) is 11.3 Å². The van der Waals surface area contributed by atoms with Crippen LogP contribution >= 0.6 is 0 Å². The molecule has 0 aromatic heterocycles. The molecule has 1 rings (SSSR count). The average molecular weight is 233 g/mol. The van der Waals surface area contributed by atoms with Gasteiger partial charge in [-0.25, -0.2) is 0 Å². The summed E-state index contributed by atoms with van der Waals surface area (Å²) < 4.78 is 0. The van der Waals surface area contributed by atoms with Crippen molar-refractivity contribution >= 4 is 5.91 Å². The Bertz CT molecular complexity index is 371. The van der Waals surface area contributed by atoms with Crippen LogP contribution in [0.1, 0.15) is 50.5 Å². The molecule has 0 heterocycles. The molecule has 0 bridgehead atoms. The highest BCUT2D eigenvalue weighted by Crippen LogP contribution is 2.22. The summed E-state index contributed by atoms with van der Waals surface area (Å²) in [6.07, 6.45) is 0. The second kappa shape index (κ2) is 5.35. The zero-order chi connectivity index (χ0) is 13.1. The van der Waals surface area contributed by atoms with Crippen molar-refractivity contribution < 1.29 is 4.79 Å². The van der Waals surface area contributed by atoms with Crippen molar-refractivity contribution in [1.29, 1.82) is 0 Å². The van der Waals surface area contributed by atoms with Crippen molar-refractivity contribution in [2.45, 2.75) is 40.0 Å². The normalized spacial score (nSPS) is 11.6. The largest absolute Gasteiger partial charge is 0.352 e. The van der Waals surface area contributed by atoms with Crippen molar-refractivity contribution in [1.82, 2.24) is 5.32 Å². The lowest BCUT2D eigenvalue weighted by Crippen LogP contribution is -2.27. The molecule has 94 valence electrons. The molecule has 2 heteroatoms. The molecular weight excluding hydrogens is 210 g/mol. The van der Waals surface area contributed by atoms with Crippen LogP contribution in [0.3, 0.4) is 0 Å². The molecule has 1 aromatic rings. The Morgan fingerprint density at radius 1 is 1.18 bits per heavy atom. The number of carbonyl (C=O) groups is 1. The molecule has 1 N–H and O–H groups in total. The lowest BCUT2D eigenvalue weighted by Gasteiger charge is -2.19. The van der Waals surface area contributed by atoms with Gasteiger partial charge < -0.3 is 5.32 Å². The minimum atomic E-state index is 0.0131. The van der Waals surface area contributed by atoms with Crippen LogP contribution < -0.4 is 5.32 Å². The molecular formula is C15H23NO. The van der Waals surface area contributed by atoms with E-state index in [0.29, 0.717) is 5.92 Å². The van der Waals surface area contributed by atoms with E-state index in [0.717, 1.165) is 12.1 Å². The van der Waals surface area contributed by atoms with Gasteiger partial charge in [0.25, 0.3) is 5.91 Å². The predicted molar refractivity (Wildman–Crippen MR) is 72.3 cm³/mol. The van der Waals surface area contributed by atoms with E-state index in [1.165, 1.54) is 5.56 Å². The van der Waals surface area contributed by atoms with E-state index in [1.807, 2.05) is 24.3 Å². The van der Waals surface area contributed by atoms with E-state index in [2.05, 4.69) is 39.9 Å². The van der Waals surface area contributed by atoms with E-state index in [1.54, 1.807) is 0 Å². The Morgan fingerprint density at radius 2 is 1.71 bits per heavy atom. The Morgan fingerprint density at radius 3 is 2.12 bits per heavy atom. The van der Waals surface area contributed by atoms with Gasteiger partial charge >= 0.3 is 0 Å². The fourth-order valence-electron chi connectivity index (χ4n) is 1.52. The standard InChI is InChI=1S/C15H23NO/c1-11(2)10-16-14(17)12-6-8-13(9-7-12)15(3,4)5/h6-9,11H,10H2,1-5H3,(H,16,17). The Hall–Kier alpha value is -1.31. The van der Waals surface area contributed by atoms with Gasteiger partial charge in [-0.1, -0.05) is 46.8 Å². The van der Waals surface area contributed by atoms with Crippen molar-refractivity contribution in [3.63, 3.8) is 0 Å². The summed E-state index contributed by atoms with van der Waals surface area (Å²) in [6.45, 7) is 11.4. The number of carbonyl (C=O) groups excluding carboxylic acids is 1. The van der Waals surface area contributed by atoms with Crippen molar-refractivity contribution in [3.05, 3.63) is 35.4 Å². The maximum Gasteiger partial charge on any atom is 0.251 e. The third kappa shape index (κ3) is 4.22. The molecule has 2 nitrogen and oxygen atoms in total. The maximum absolute atomic E-state index is 11.8. The molecule has 1 amide bonds. The quantitative estimate of drug-likeness (QED) is 0.852. The zero-order valence-corrected chi connectivity index (χ0v) is 11.5. The minimum Gasteiger partial charge on any atom is -0.352 e. The second-order valence-corrected chi connectivity index (χ2v) is 5.93. The van der Waals surface area contributed by atoms with Crippen LogP contribution in [0.25, 0.3) is 0 Å². The van der Waals surface area contributed by atoms with Gasteiger partial charge in [-0.2, -0.15) is 0 Å². The first-order valence-corrected chi connectivity index (χ1v) is 6.19. The topological polar surface area (TPSA) is 29.1 Å². The molecule has 0 fully saturated rings. The summed E-state index contributed by atoms with van der Waals surface area (Å²) in [5.41, 5.74) is 2.11. The molecule has 0 aliphatic rings. The smallest absolute Gasteiger partial charge is 0.251 e. The highest BCUT2D eigenvalue weighted by Gasteiger charge is 2.14. The molecule has 17 heavy (non-hydrogen) atoms. The third-order valence-electron chi connectivity index (χ3n) is 2.68. The third-order valence-corrected chi connectivity index (χ3v) is 2.68. The van der Waals surface area contributed by atoms with Gasteiger partial charge in [-0.3, -0.25) is 4.79 Å². The summed E-state index contributed by atoms with van der Waals surface area (Å²) in [5, 5.41) is 2.92. The highest BCUT2D eigenvalue weighted by atomic mass is 16.1. The summed E-state index contributed by atoms with van der Waals surface area (Å²) in [6, 6.07) is 7.86. The predicted octanol–water partition coefficient (Wildman–Crippen LogP) is 3.37. The number of benzene rings is 1. The number of hydrogen-bond donors (Lipinski definition) is 1. The van der Waals surface area contributed by atoms with Gasteiger partial charge in [0.15, 0.2) is 0 Å². The van der Waals surface area contributed by atoms with Crippen LogP contribution in [-0.4, -0.2) is 12.5 Å². The Labute approximate surface area is 104 Å². The first-order chi connectivity index (χ1) is 7.80. The minimum absolute atomic E-state index is 0.0131. The van der Waals surface area contributed by atoms with Crippen LogP contribution in [0.4, 0.5) is 0 Å². The van der Waals surface area contributed by atoms with E-state index in [9.17, 15) is 4.79 Å². The van der Waals surface area contributed by atoms with Crippen LogP contribution in [0.15, 0.2) is 24.3 Å². The number of hydrogen-bond acceptors (Lipinski definition) is 1. The maximum atomic E-state index is 11.8. The van der Waals surface area contributed by atoms with E-state index >= 15 is 0 Å². The SMILES string of the molecule is CC(C)CNC(=O)c1ccc(C(C)(C)C)cc1. The molecule has 0 aliphatic heterocycles. The van der Waals surface area contributed by atoms with Gasteiger partial charge in [0.1, 0.15) is 0 Å². The molecule has 0 unspecified atom stereocenters. The molecule has 0 radical (unpaired) electrons. The van der Waals surface area contributed by atoms with E-state index in [4.69, 9.17) is 0 Å². The van der Waals surface area contributed by atoms with Gasteiger partial charge in [0, 0.05) is 12.1 Å². The van der Waals surface area contributed by atoms with Crippen molar-refractivity contribution in [3.8, 4) is 0 Å². The van der Waals surface area contributed by atoms with Crippen molar-refractivity contribution in [2.75, 3.05) is 6.54 Å². The number of amides is 1. The monoisotopic (exact) mass is 233 g/mol. The Kier molecular flexibility index (Phi) is 4.33. The fraction of sp³-hybridized carbons (Fsp3) is 0.533. The summed E-state index contributed by atoms with van der Waals surface area (Å²) in [5.74, 6) is 0.493. The summed E-state index contributed by atoms with van der Waals surface area (Å²) >= 11 is 0. The van der Waals surface area contributed by atoms with Crippen LogP contribution in [0.5, 0.6) is 0 Å². The lowest BCUT2D eigenvalue weighted by molar-refractivity contribution is 0.0949. The first-order valence-electron chi connectivity index (χ1n) is 6.19. The van der Waals surface area contributed by atoms with E-state index < -0.39 is 0 Å². The van der Waals surface area contributed by atoms with Gasteiger partial charge in [0.05, 0.1) is 0 Å². The number of nitrogens with one attached hydrogen (secondary N) is 1. The molecule has 1 aromatic carbocycles. The number of rotatable bonds is 3. The van der Waals surface area contributed by atoms with Crippen LogP contribution in [0.2, 0.25) is 0 Å². The molecule has 0 saturated heterocycles. The average Bonchev–Trinajstić information content (AvgIpc) is 2.25. The summed E-state index contributed by atoms with van der Waals surface area (Å²) in [7, 11) is 0. The lowest BCUT2D eigenvalue weighted by atomic mass is 9.87. The van der Waals surface area contributed by atoms with Crippen LogP contribution in [-0.2, 0) is 5.41 Å². The van der Waals surface area contributed by atoms with Crippen molar-refractivity contribution in [2.24, 2.45) is 5.92 Å².